The van der Waals surface area contributed by atoms with E-state index in [1.165, 1.54) is 5.39 Å². The van der Waals surface area contributed by atoms with Gasteiger partial charge in [0.1, 0.15) is 0 Å². The van der Waals surface area contributed by atoms with Gasteiger partial charge in [-0.25, -0.2) is 4.98 Å². The molecule has 0 unspecified atom stereocenters. The molecule has 0 aliphatic rings. The smallest absolute Gasteiger partial charge is 0.0709 e. The zero-order valence-electron chi connectivity index (χ0n) is 9.97. The molecule has 0 aliphatic carbocycles. The Hall–Kier alpha value is -1.89. The zero-order chi connectivity index (χ0) is 11.9. The minimum absolute atomic E-state index is 1.03. The van der Waals surface area contributed by atoms with Crippen molar-refractivity contribution < 1.29 is 0 Å². The van der Waals surface area contributed by atoms with Crippen LogP contribution in [0.25, 0.3) is 17.0 Å². The molecule has 0 atom stereocenters. The summed E-state index contributed by atoms with van der Waals surface area (Å²) in [5, 5.41) is 1.19. The van der Waals surface area contributed by atoms with Crippen LogP contribution in [0.5, 0.6) is 0 Å². The highest BCUT2D eigenvalue weighted by Gasteiger charge is 1.93. The van der Waals surface area contributed by atoms with Crippen LogP contribution in [0.2, 0.25) is 0 Å². The standard InChI is InChI=1S/C16H17N/c1-2-3-4-5-6-10-15-13-12-14-9-7-8-11-16(14)17-15/h2,6-13H,1,3-5H2/b10-6+. The van der Waals surface area contributed by atoms with Crippen LogP contribution in [0.1, 0.15) is 25.0 Å². The second-order valence-electron chi connectivity index (χ2n) is 4.05. The first-order valence-corrected chi connectivity index (χ1v) is 6.03. The van der Waals surface area contributed by atoms with Crippen LogP contribution in [0.15, 0.2) is 55.1 Å². The summed E-state index contributed by atoms with van der Waals surface area (Å²) < 4.78 is 0. The Morgan fingerprint density at radius 2 is 1.94 bits per heavy atom. The summed E-state index contributed by atoms with van der Waals surface area (Å²) in [6.45, 7) is 3.71. The number of allylic oxidation sites excluding steroid dienone is 2. The van der Waals surface area contributed by atoms with Gasteiger partial charge in [0, 0.05) is 5.39 Å². The summed E-state index contributed by atoms with van der Waals surface area (Å²) in [4.78, 5) is 4.59. The molecule has 0 N–H and O–H groups in total. The van der Waals surface area contributed by atoms with Crippen LogP contribution in [-0.4, -0.2) is 4.98 Å². The molecule has 1 aromatic heterocycles. The predicted molar refractivity (Wildman–Crippen MR) is 74.8 cm³/mol. The van der Waals surface area contributed by atoms with Crippen molar-refractivity contribution in [2.75, 3.05) is 0 Å². The van der Waals surface area contributed by atoms with Crippen molar-refractivity contribution in [3.8, 4) is 0 Å². The summed E-state index contributed by atoms with van der Waals surface area (Å²) in [5.41, 5.74) is 2.09. The van der Waals surface area contributed by atoms with Gasteiger partial charge in [0.25, 0.3) is 0 Å². The summed E-state index contributed by atoms with van der Waals surface area (Å²) in [7, 11) is 0. The second-order valence-corrected chi connectivity index (χ2v) is 4.05. The molecule has 1 heteroatoms. The molecular weight excluding hydrogens is 206 g/mol. The molecule has 2 rings (SSSR count). The number of aromatic nitrogens is 1. The van der Waals surface area contributed by atoms with E-state index in [0.29, 0.717) is 0 Å². The molecule has 0 amide bonds. The minimum Gasteiger partial charge on any atom is -0.248 e. The molecule has 1 heterocycles. The maximum absolute atomic E-state index is 4.59. The fourth-order valence-electron chi connectivity index (χ4n) is 1.76. The third-order valence-electron chi connectivity index (χ3n) is 2.69. The van der Waals surface area contributed by atoms with E-state index < -0.39 is 0 Å². The zero-order valence-corrected chi connectivity index (χ0v) is 9.97. The van der Waals surface area contributed by atoms with E-state index in [2.05, 4.69) is 41.9 Å². The van der Waals surface area contributed by atoms with Gasteiger partial charge in [-0.2, -0.15) is 0 Å². The Kier molecular flexibility index (Phi) is 4.09. The van der Waals surface area contributed by atoms with Crippen molar-refractivity contribution >= 4 is 17.0 Å². The lowest BCUT2D eigenvalue weighted by Gasteiger charge is -1.98. The molecule has 0 saturated heterocycles. The number of rotatable bonds is 5. The molecule has 1 aromatic carbocycles. The quantitative estimate of drug-likeness (QED) is 0.533. The van der Waals surface area contributed by atoms with Gasteiger partial charge in [0.15, 0.2) is 0 Å². The molecule has 86 valence electrons. The van der Waals surface area contributed by atoms with Gasteiger partial charge in [0.2, 0.25) is 0 Å². The lowest BCUT2D eigenvalue weighted by atomic mass is 10.2. The molecule has 0 saturated carbocycles. The van der Waals surface area contributed by atoms with Crippen LogP contribution in [0.4, 0.5) is 0 Å². The Morgan fingerprint density at radius 3 is 2.82 bits per heavy atom. The van der Waals surface area contributed by atoms with Gasteiger partial charge >= 0.3 is 0 Å². The lowest BCUT2D eigenvalue weighted by Crippen LogP contribution is -1.82. The van der Waals surface area contributed by atoms with Crippen LogP contribution < -0.4 is 0 Å². The maximum Gasteiger partial charge on any atom is 0.0709 e. The largest absolute Gasteiger partial charge is 0.248 e. The normalized spacial score (nSPS) is 11.1. The molecule has 0 fully saturated rings. The topological polar surface area (TPSA) is 12.9 Å². The fourth-order valence-corrected chi connectivity index (χ4v) is 1.76. The first-order chi connectivity index (χ1) is 8.40. The van der Waals surface area contributed by atoms with Gasteiger partial charge in [-0.3, -0.25) is 0 Å². The third kappa shape index (κ3) is 3.28. The van der Waals surface area contributed by atoms with Gasteiger partial charge in [-0.15, -0.1) is 6.58 Å². The highest BCUT2D eigenvalue weighted by molar-refractivity contribution is 5.79. The van der Waals surface area contributed by atoms with Crippen molar-refractivity contribution in [3.05, 3.63) is 60.8 Å². The lowest BCUT2D eigenvalue weighted by molar-refractivity contribution is 0.872. The average molecular weight is 223 g/mol. The van der Waals surface area contributed by atoms with Crippen LogP contribution >= 0.6 is 0 Å². The monoisotopic (exact) mass is 223 g/mol. The first kappa shape index (κ1) is 11.6. The SMILES string of the molecule is C=CCCC/C=C/c1ccc2ccccc2n1. The molecule has 2 aromatic rings. The van der Waals surface area contributed by atoms with Crippen molar-refractivity contribution in [2.45, 2.75) is 19.3 Å². The third-order valence-corrected chi connectivity index (χ3v) is 2.69. The van der Waals surface area contributed by atoms with Crippen molar-refractivity contribution in [3.63, 3.8) is 0 Å². The number of pyridine rings is 1. The highest BCUT2D eigenvalue weighted by Crippen LogP contribution is 2.12. The number of benzene rings is 1. The Morgan fingerprint density at radius 1 is 1.06 bits per heavy atom. The van der Waals surface area contributed by atoms with E-state index in [-0.39, 0.29) is 0 Å². The predicted octanol–water partition coefficient (Wildman–Crippen LogP) is 4.60. The molecule has 0 bridgehead atoms. The van der Waals surface area contributed by atoms with Gasteiger partial charge in [-0.05, 0) is 37.5 Å². The molecule has 0 radical (unpaired) electrons. The van der Waals surface area contributed by atoms with E-state index in [1.807, 2.05) is 24.3 Å². The van der Waals surface area contributed by atoms with E-state index in [0.717, 1.165) is 30.5 Å². The number of unbranched alkanes of at least 4 members (excludes halogenated alkanes) is 2. The minimum atomic E-state index is 1.03. The van der Waals surface area contributed by atoms with Crippen molar-refractivity contribution in [2.24, 2.45) is 0 Å². The Balaban J connectivity index is 2.06. The molecule has 0 spiro atoms. The van der Waals surface area contributed by atoms with E-state index >= 15 is 0 Å². The van der Waals surface area contributed by atoms with E-state index in [1.54, 1.807) is 0 Å². The van der Waals surface area contributed by atoms with Crippen LogP contribution in [-0.2, 0) is 0 Å². The van der Waals surface area contributed by atoms with Gasteiger partial charge in [-0.1, -0.05) is 36.4 Å². The number of hydrogen-bond donors (Lipinski definition) is 0. The Labute approximate surface area is 103 Å². The Bertz CT molecular complexity index is 526. The van der Waals surface area contributed by atoms with Gasteiger partial charge in [0.05, 0.1) is 11.2 Å². The highest BCUT2D eigenvalue weighted by atomic mass is 14.7. The van der Waals surface area contributed by atoms with Crippen molar-refractivity contribution in [1.29, 1.82) is 0 Å². The van der Waals surface area contributed by atoms with E-state index in [4.69, 9.17) is 0 Å². The summed E-state index contributed by atoms with van der Waals surface area (Å²) in [6, 6.07) is 12.4. The van der Waals surface area contributed by atoms with Gasteiger partial charge < -0.3 is 0 Å². The average Bonchev–Trinajstić information content (AvgIpc) is 2.38. The summed E-state index contributed by atoms with van der Waals surface area (Å²) in [6.07, 6.45) is 9.56. The number of para-hydroxylation sites is 1. The van der Waals surface area contributed by atoms with Crippen molar-refractivity contribution in [1.82, 2.24) is 4.98 Å². The number of hydrogen-bond acceptors (Lipinski definition) is 1. The van der Waals surface area contributed by atoms with E-state index in [9.17, 15) is 0 Å². The first-order valence-electron chi connectivity index (χ1n) is 6.03. The summed E-state index contributed by atoms with van der Waals surface area (Å²) in [5.74, 6) is 0. The maximum atomic E-state index is 4.59. The summed E-state index contributed by atoms with van der Waals surface area (Å²) >= 11 is 0. The number of nitrogens with zero attached hydrogens (tertiary/aromatic N) is 1. The molecule has 17 heavy (non-hydrogen) atoms. The molecule has 0 aliphatic heterocycles. The fraction of sp³-hybridized carbons (Fsp3) is 0.188. The second kappa shape index (κ2) is 6.00. The van der Waals surface area contributed by atoms with Crippen LogP contribution in [0.3, 0.4) is 0 Å². The van der Waals surface area contributed by atoms with Crippen LogP contribution in [0, 0.1) is 0 Å². The molecular formula is C16H17N. The number of fused-ring (bicyclic) bond motifs is 1. The molecule has 1 nitrogen and oxygen atoms in total.